The molecule has 0 spiro atoms. The summed E-state index contributed by atoms with van der Waals surface area (Å²) in [5.41, 5.74) is 7.14. The molecule has 1 heterocycles. The van der Waals surface area contributed by atoms with Crippen molar-refractivity contribution >= 4 is 11.7 Å². The van der Waals surface area contributed by atoms with Crippen LogP contribution in [-0.4, -0.2) is 15.7 Å². The minimum Gasteiger partial charge on any atom is -0.456 e. The largest absolute Gasteiger partial charge is 0.456 e. The van der Waals surface area contributed by atoms with Crippen molar-refractivity contribution < 1.29 is 13.9 Å². The van der Waals surface area contributed by atoms with Crippen LogP contribution in [0, 0.1) is 24.1 Å². The minimum absolute atomic E-state index is 0.0859. The number of benzene rings is 1. The molecule has 2 rings (SSSR count). The van der Waals surface area contributed by atoms with Gasteiger partial charge in [0.1, 0.15) is 18.5 Å². The van der Waals surface area contributed by atoms with E-state index in [1.807, 2.05) is 0 Å². The number of halogens is 1. The van der Waals surface area contributed by atoms with Gasteiger partial charge in [-0.1, -0.05) is 6.07 Å². The van der Waals surface area contributed by atoms with Crippen molar-refractivity contribution in [2.45, 2.75) is 13.5 Å². The van der Waals surface area contributed by atoms with Crippen LogP contribution in [0.2, 0.25) is 0 Å². The molecule has 0 radical (unpaired) electrons. The lowest BCUT2D eigenvalue weighted by molar-refractivity contribution is 0.0461. The summed E-state index contributed by atoms with van der Waals surface area (Å²) in [6.45, 7) is 1.60. The molecule has 21 heavy (non-hydrogen) atoms. The molecule has 0 unspecified atom stereocenters. The fourth-order valence-corrected chi connectivity index (χ4v) is 1.88. The number of ether oxygens (including phenoxy) is 1. The van der Waals surface area contributed by atoms with Gasteiger partial charge in [-0.15, -0.1) is 0 Å². The monoisotopic (exact) mass is 288 g/mol. The van der Waals surface area contributed by atoms with E-state index in [9.17, 15) is 9.18 Å². The summed E-state index contributed by atoms with van der Waals surface area (Å²) in [4.78, 5) is 12.0. The third kappa shape index (κ3) is 2.84. The first-order valence-electron chi connectivity index (χ1n) is 6.08. The van der Waals surface area contributed by atoms with E-state index in [-0.39, 0.29) is 23.6 Å². The van der Waals surface area contributed by atoms with Crippen LogP contribution in [-0.2, 0) is 18.4 Å². The van der Waals surface area contributed by atoms with Crippen LogP contribution >= 0.6 is 0 Å². The number of nitriles is 1. The van der Waals surface area contributed by atoms with Gasteiger partial charge in [-0.2, -0.15) is 10.4 Å². The van der Waals surface area contributed by atoms with Crippen LogP contribution in [0.4, 0.5) is 10.1 Å². The summed E-state index contributed by atoms with van der Waals surface area (Å²) in [5, 5.41) is 12.8. The van der Waals surface area contributed by atoms with Crippen LogP contribution in [0.5, 0.6) is 0 Å². The maximum atomic E-state index is 13.2. The van der Waals surface area contributed by atoms with Crippen molar-refractivity contribution in [2.75, 3.05) is 5.73 Å². The molecule has 0 aliphatic rings. The molecule has 0 atom stereocenters. The van der Waals surface area contributed by atoms with Gasteiger partial charge in [0, 0.05) is 7.05 Å². The highest BCUT2D eigenvalue weighted by Crippen LogP contribution is 2.17. The van der Waals surface area contributed by atoms with E-state index in [4.69, 9.17) is 15.7 Å². The molecular weight excluding hydrogens is 275 g/mol. The number of aryl methyl sites for hydroxylation is 2. The van der Waals surface area contributed by atoms with Gasteiger partial charge in [0.25, 0.3) is 0 Å². The predicted octanol–water partition coefficient (Wildman–Crippen LogP) is 1.68. The second-order valence-electron chi connectivity index (χ2n) is 4.47. The van der Waals surface area contributed by atoms with E-state index in [1.54, 1.807) is 20.0 Å². The molecule has 0 saturated heterocycles. The Morgan fingerprint density at radius 1 is 1.57 bits per heavy atom. The molecule has 0 aliphatic carbocycles. The number of nitrogen functional groups attached to an aromatic ring is 1. The van der Waals surface area contributed by atoms with Gasteiger partial charge < -0.3 is 10.5 Å². The van der Waals surface area contributed by atoms with Gasteiger partial charge in [0.15, 0.2) is 5.69 Å². The van der Waals surface area contributed by atoms with Crippen molar-refractivity contribution in [1.82, 2.24) is 9.78 Å². The van der Waals surface area contributed by atoms with E-state index in [2.05, 4.69) is 5.10 Å². The second-order valence-corrected chi connectivity index (χ2v) is 4.47. The fourth-order valence-electron chi connectivity index (χ4n) is 1.88. The van der Waals surface area contributed by atoms with E-state index in [1.165, 1.54) is 16.8 Å². The molecule has 1 aromatic heterocycles. The summed E-state index contributed by atoms with van der Waals surface area (Å²) in [6, 6.07) is 5.66. The number of carbonyl (C=O) groups is 1. The van der Waals surface area contributed by atoms with E-state index in [0.29, 0.717) is 11.3 Å². The SMILES string of the molecule is Cc1nn(C)c(C(=O)OCc2ccc(F)c(C#N)c2)c1N. The summed E-state index contributed by atoms with van der Waals surface area (Å²) < 4.78 is 19.6. The fraction of sp³-hybridized carbons (Fsp3) is 0.214. The number of esters is 1. The maximum absolute atomic E-state index is 13.2. The van der Waals surface area contributed by atoms with Gasteiger partial charge in [-0.05, 0) is 24.6 Å². The average molecular weight is 288 g/mol. The Morgan fingerprint density at radius 3 is 2.86 bits per heavy atom. The van der Waals surface area contributed by atoms with Gasteiger partial charge in [-0.25, -0.2) is 9.18 Å². The van der Waals surface area contributed by atoms with Gasteiger partial charge in [0.05, 0.1) is 16.9 Å². The lowest BCUT2D eigenvalue weighted by atomic mass is 10.1. The summed E-state index contributed by atoms with van der Waals surface area (Å²) in [7, 11) is 1.59. The summed E-state index contributed by atoms with van der Waals surface area (Å²) in [6.07, 6.45) is 0. The number of hydrogen-bond donors (Lipinski definition) is 1. The molecule has 7 heteroatoms. The van der Waals surface area contributed by atoms with E-state index >= 15 is 0 Å². The zero-order valence-electron chi connectivity index (χ0n) is 11.6. The number of nitrogens with two attached hydrogens (primary N) is 1. The van der Waals surface area contributed by atoms with Gasteiger partial charge in [-0.3, -0.25) is 4.68 Å². The van der Waals surface area contributed by atoms with Crippen LogP contribution in [0.15, 0.2) is 18.2 Å². The highest BCUT2D eigenvalue weighted by Gasteiger charge is 2.19. The van der Waals surface area contributed by atoms with Crippen molar-refractivity contribution in [3.05, 3.63) is 46.5 Å². The number of carbonyl (C=O) groups excluding carboxylic acids is 1. The van der Waals surface area contributed by atoms with Crippen molar-refractivity contribution in [1.29, 1.82) is 5.26 Å². The normalized spacial score (nSPS) is 10.2. The standard InChI is InChI=1S/C14H13FN4O2/c1-8-12(17)13(19(2)18-8)14(20)21-7-9-3-4-11(15)10(5-9)6-16/h3-5H,7,17H2,1-2H3. The zero-order valence-corrected chi connectivity index (χ0v) is 11.6. The van der Waals surface area contributed by atoms with E-state index < -0.39 is 11.8 Å². The van der Waals surface area contributed by atoms with Crippen LogP contribution in [0.25, 0.3) is 0 Å². The first kappa shape index (κ1) is 14.5. The molecule has 0 aliphatic heterocycles. The Labute approximate surface area is 120 Å². The Bertz CT molecular complexity index is 746. The second kappa shape index (κ2) is 5.63. The van der Waals surface area contributed by atoms with Crippen LogP contribution < -0.4 is 5.73 Å². The lowest BCUT2D eigenvalue weighted by Gasteiger charge is -2.06. The first-order chi connectivity index (χ1) is 9.93. The topological polar surface area (TPSA) is 93.9 Å². The number of rotatable bonds is 3. The molecule has 0 saturated carbocycles. The number of aromatic nitrogens is 2. The maximum Gasteiger partial charge on any atom is 0.359 e. The van der Waals surface area contributed by atoms with Crippen molar-refractivity contribution in [3.8, 4) is 6.07 Å². The van der Waals surface area contributed by atoms with E-state index in [0.717, 1.165) is 6.07 Å². The molecule has 6 nitrogen and oxygen atoms in total. The minimum atomic E-state index is -0.626. The molecule has 0 fully saturated rings. The number of hydrogen-bond acceptors (Lipinski definition) is 5. The molecule has 2 aromatic rings. The summed E-state index contributed by atoms with van der Waals surface area (Å²) in [5.74, 6) is -1.24. The zero-order chi connectivity index (χ0) is 15.6. The van der Waals surface area contributed by atoms with Crippen molar-refractivity contribution in [2.24, 2.45) is 7.05 Å². The Morgan fingerprint density at radius 2 is 2.29 bits per heavy atom. The molecular formula is C14H13FN4O2. The first-order valence-corrected chi connectivity index (χ1v) is 6.08. The average Bonchev–Trinajstić information content (AvgIpc) is 2.71. The highest BCUT2D eigenvalue weighted by atomic mass is 19.1. The smallest absolute Gasteiger partial charge is 0.359 e. The number of nitrogens with zero attached hydrogens (tertiary/aromatic N) is 3. The molecule has 1 aromatic carbocycles. The molecule has 0 amide bonds. The lowest BCUT2D eigenvalue weighted by Crippen LogP contribution is -2.12. The quantitative estimate of drug-likeness (QED) is 0.867. The highest BCUT2D eigenvalue weighted by molar-refractivity contribution is 5.93. The number of anilines is 1. The summed E-state index contributed by atoms with van der Waals surface area (Å²) >= 11 is 0. The third-order valence-electron chi connectivity index (χ3n) is 2.98. The van der Waals surface area contributed by atoms with Crippen LogP contribution in [0.1, 0.15) is 27.3 Å². The van der Waals surface area contributed by atoms with Crippen molar-refractivity contribution in [3.63, 3.8) is 0 Å². The van der Waals surface area contributed by atoms with Crippen LogP contribution in [0.3, 0.4) is 0 Å². The molecule has 108 valence electrons. The van der Waals surface area contributed by atoms with Gasteiger partial charge in [0.2, 0.25) is 0 Å². The molecule has 0 bridgehead atoms. The predicted molar refractivity (Wildman–Crippen MR) is 72.6 cm³/mol. The Kier molecular flexibility index (Phi) is 3.89. The molecule has 2 N–H and O–H groups in total. The van der Waals surface area contributed by atoms with Gasteiger partial charge >= 0.3 is 5.97 Å². The Hall–Kier alpha value is -2.88. The third-order valence-corrected chi connectivity index (χ3v) is 2.98. The Balaban J connectivity index is 2.13.